The van der Waals surface area contributed by atoms with E-state index in [4.69, 9.17) is 10.5 Å². The van der Waals surface area contributed by atoms with Crippen molar-refractivity contribution in [2.75, 3.05) is 12.8 Å². The van der Waals surface area contributed by atoms with Crippen molar-refractivity contribution in [3.8, 4) is 0 Å². The summed E-state index contributed by atoms with van der Waals surface area (Å²) < 4.78 is 6.03. The Balaban J connectivity index is 2.33. The molecule has 0 unspecified atom stereocenters. The zero-order valence-electron chi connectivity index (χ0n) is 11.9. The number of hydrogen-bond donors (Lipinski definition) is 1. The number of ether oxygens (including phenoxy) is 1. The summed E-state index contributed by atoms with van der Waals surface area (Å²) in [7, 11) is 1.65. The van der Waals surface area contributed by atoms with Crippen molar-refractivity contribution >= 4 is 28.4 Å². The maximum atomic E-state index is 5.95. The fourth-order valence-electron chi connectivity index (χ4n) is 2.23. The summed E-state index contributed by atoms with van der Waals surface area (Å²) in [6.07, 6.45) is 0.681. The maximum absolute atomic E-state index is 5.95. The molecular formula is C15H18IN3O. The lowest BCUT2D eigenvalue weighted by atomic mass is 10.0. The number of aryl methyl sites for hydroxylation is 2. The minimum atomic E-state index is 0.449. The molecule has 0 saturated heterocycles. The Morgan fingerprint density at radius 1 is 1.15 bits per heavy atom. The first-order chi connectivity index (χ1) is 9.49. The molecule has 106 valence electrons. The highest BCUT2D eigenvalue weighted by atomic mass is 127. The van der Waals surface area contributed by atoms with Crippen LogP contribution >= 0.6 is 22.6 Å². The Morgan fingerprint density at radius 3 is 2.40 bits per heavy atom. The minimum Gasteiger partial charge on any atom is -0.383 e. The van der Waals surface area contributed by atoms with Gasteiger partial charge in [0.1, 0.15) is 11.6 Å². The smallest absolute Gasteiger partial charge is 0.141 e. The first-order valence-corrected chi connectivity index (χ1v) is 7.44. The monoisotopic (exact) mass is 383 g/mol. The number of nitrogens with two attached hydrogens (primary N) is 1. The molecule has 0 spiro atoms. The average molecular weight is 383 g/mol. The molecule has 2 rings (SSSR count). The lowest BCUT2D eigenvalue weighted by Gasteiger charge is -2.09. The van der Waals surface area contributed by atoms with Gasteiger partial charge in [-0.1, -0.05) is 29.3 Å². The molecule has 2 N–H and O–H groups in total. The predicted octanol–water partition coefficient (Wildman–Crippen LogP) is 3.02. The molecule has 0 saturated carbocycles. The summed E-state index contributed by atoms with van der Waals surface area (Å²) in [5.41, 5.74) is 10.5. The average Bonchev–Trinajstić information content (AvgIpc) is 2.34. The molecule has 1 aromatic heterocycles. The third-order valence-electron chi connectivity index (χ3n) is 2.92. The molecule has 4 nitrogen and oxygen atoms in total. The molecule has 0 aliphatic heterocycles. The Hall–Kier alpha value is -1.21. The van der Waals surface area contributed by atoms with Gasteiger partial charge in [-0.15, -0.1) is 0 Å². The molecule has 0 radical (unpaired) electrons. The van der Waals surface area contributed by atoms with Gasteiger partial charge in [0.05, 0.1) is 15.9 Å². The summed E-state index contributed by atoms with van der Waals surface area (Å²) in [4.78, 5) is 8.93. The van der Waals surface area contributed by atoms with E-state index >= 15 is 0 Å². The molecule has 0 fully saturated rings. The predicted molar refractivity (Wildman–Crippen MR) is 88.6 cm³/mol. The second kappa shape index (κ2) is 6.49. The summed E-state index contributed by atoms with van der Waals surface area (Å²) >= 11 is 2.16. The minimum absolute atomic E-state index is 0.449. The number of halogens is 1. The van der Waals surface area contributed by atoms with Crippen LogP contribution in [0.5, 0.6) is 0 Å². The van der Waals surface area contributed by atoms with Crippen LogP contribution in [-0.4, -0.2) is 17.1 Å². The number of benzene rings is 1. The van der Waals surface area contributed by atoms with Gasteiger partial charge in [-0.3, -0.25) is 0 Å². The van der Waals surface area contributed by atoms with E-state index in [0.717, 1.165) is 15.1 Å². The van der Waals surface area contributed by atoms with Gasteiger partial charge < -0.3 is 10.5 Å². The van der Waals surface area contributed by atoms with E-state index in [9.17, 15) is 0 Å². The molecule has 2 aromatic rings. The Labute approximate surface area is 132 Å². The van der Waals surface area contributed by atoms with E-state index in [-0.39, 0.29) is 0 Å². The molecule has 5 heteroatoms. The molecule has 0 aliphatic rings. The lowest BCUT2D eigenvalue weighted by Crippen LogP contribution is -2.08. The van der Waals surface area contributed by atoms with Gasteiger partial charge >= 0.3 is 0 Å². The standard InChI is InChI=1S/C15H18IN3O/c1-9-4-10(2)6-11(5-9)7-13-18-12(8-20-3)14(16)15(17)19-13/h4-6H,7-8H2,1-3H3,(H2,17,18,19). The van der Waals surface area contributed by atoms with Crippen molar-refractivity contribution in [3.05, 3.63) is 50.0 Å². The third kappa shape index (κ3) is 3.67. The first kappa shape index (κ1) is 15.2. The van der Waals surface area contributed by atoms with E-state index in [1.807, 2.05) is 0 Å². The largest absolute Gasteiger partial charge is 0.383 e. The van der Waals surface area contributed by atoms with Gasteiger partial charge in [0.15, 0.2) is 0 Å². The Kier molecular flexibility index (Phi) is 4.93. The maximum Gasteiger partial charge on any atom is 0.141 e. The summed E-state index contributed by atoms with van der Waals surface area (Å²) in [6, 6.07) is 6.46. The highest BCUT2D eigenvalue weighted by molar-refractivity contribution is 14.1. The van der Waals surface area contributed by atoms with Crippen molar-refractivity contribution in [1.29, 1.82) is 0 Å². The third-order valence-corrected chi connectivity index (χ3v) is 4.09. The van der Waals surface area contributed by atoms with Crippen molar-refractivity contribution in [3.63, 3.8) is 0 Å². The normalized spacial score (nSPS) is 10.8. The van der Waals surface area contributed by atoms with Crippen molar-refractivity contribution < 1.29 is 4.74 Å². The van der Waals surface area contributed by atoms with Crippen LogP contribution in [-0.2, 0) is 17.8 Å². The van der Waals surface area contributed by atoms with Crippen LogP contribution in [0.2, 0.25) is 0 Å². The fourth-order valence-corrected chi connectivity index (χ4v) is 2.63. The highest BCUT2D eigenvalue weighted by Gasteiger charge is 2.10. The van der Waals surface area contributed by atoms with Gasteiger partial charge in [0.25, 0.3) is 0 Å². The first-order valence-electron chi connectivity index (χ1n) is 6.36. The quantitative estimate of drug-likeness (QED) is 0.825. The molecule has 1 aromatic carbocycles. The van der Waals surface area contributed by atoms with Crippen LogP contribution < -0.4 is 5.73 Å². The Bertz CT molecular complexity index is 609. The number of nitrogen functional groups attached to an aromatic ring is 1. The second-order valence-corrected chi connectivity index (χ2v) is 5.97. The van der Waals surface area contributed by atoms with Gasteiger partial charge in [0.2, 0.25) is 0 Å². The molecule has 0 bridgehead atoms. The van der Waals surface area contributed by atoms with E-state index in [1.54, 1.807) is 7.11 Å². The molecule has 0 amide bonds. The van der Waals surface area contributed by atoms with Crippen molar-refractivity contribution in [1.82, 2.24) is 9.97 Å². The zero-order chi connectivity index (χ0) is 14.7. The number of rotatable bonds is 4. The van der Waals surface area contributed by atoms with E-state index in [1.165, 1.54) is 16.7 Å². The lowest BCUT2D eigenvalue weighted by molar-refractivity contribution is 0.180. The van der Waals surface area contributed by atoms with E-state index in [0.29, 0.717) is 18.8 Å². The van der Waals surface area contributed by atoms with Crippen LogP contribution in [0.1, 0.15) is 28.2 Å². The van der Waals surface area contributed by atoms with Crippen molar-refractivity contribution in [2.24, 2.45) is 0 Å². The van der Waals surface area contributed by atoms with Crippen LogP contribution in [0.3, 0.4) is 0 Å². The molecule has 0 atom stereocenters. The number of methoxy groups -OCH3 is 1. The molecular weight excluding hydrogens is 365 g/mol. The summed E-state index contributed by atoms with van der Waals surface area (Å²) in [5, 5.41) is 0. The van der Waals surface area contributed by atoms with Gasteiger partial charge in [-0.25, -0.2) is 9.97 Å². The SMILES string of the molecule is COCc1nc(Cc2cc(C)cc(C)c2)nc(N)c1I. The molecule has 1 heterocycles. The topological polar surface area (TPSA) is 61.0 Å². The number of hydrogen-bond acceptors (Lipinski definition) is 4. The van der Waals surface area contributed by atoms with Crippen LogP contribution in [0.25, 0.3) is 0 Å². The number of nitrogens with zero attached hydrogens (tertiary/aromatic N) is 2. The fraction of sp³-hybridized carbons (Fsp3) is 0.333. The molecule has 20 heavy (non-hydrogen) atoms. The van der Waals surface area contributed by atoms with E-state index < -0.39 is 0 Å². The number of aromatic nitrogens is 2. The van der Waals surface area contributed by atoms with Gasteiger partial charge in [-0.2, -0.15) is 0 Å². The van der Waals surface area contributed by atoms with Crippen LogP contribution in [0.15, 0.2) is 18.2 Å². The zero-order valence-corrected chi connectivity index (χ0v) is 14.1. The Morgan fingerprint density at radius 2 is 1.80 bits per heavy atom. The van der Waals surface area contributed by atoms with Crippen LogP contribution in [0.4, 0.5) is 5.82 Å². The second-order valence-electron chi connectivity index (χ2n) is 4.89. The highest BCUT2D eigenvalue weighted by Crippen LogP contribution is 2.19. The molecule has 0 aliphatic carbocycles. The van der Waals surface area contributed by atoms with E-state index in [2.05, 4.69) is 64.6 Å². The van der Waals surface area contributed by atoms with Gasteiger partial charge in [0, 0.05) is 13.5 Å². The summed E-state index contributed by atoms with van der Waals surface area (Å²) in [5.74, 6) is 1.26. The van der Waals surface area contributed by atoms with Crippen LogP contribution in [0, 0.1) is 17.4 Å². The number of anilines is 1. The van der Waals surface area contributed by atoms with Gasteiger partial charge in [-0.05, 0) is 42.0 Å². The van der Waals surface area contributed by atoms with Crippen molar-refractivity contribution in [2.45, 2.75) is 26.9 Å². The summed E-state index contributed by atoms with van der Waals surface area (Å²) in [6.45, 7) is 4.64.